The molecular weight excluding hydrogens is 326 g/mol. The second-order valence-electron chi connectivity index (χ2n) is 6.98. The van der Waals surface area contributed by atoms with Gasteiger partial charge >= 0.3 is 6.03 Å². The van der Waals surface area contributed by atoms with Gasteiger partial charge in [0.05, 0.1) is 18.8 Å². The van der Waals surface area contributed by atoms with E-state index in [-0.39, 0.29) is 12.1 Å². The largest absolute Gasteiger partial charge is 0.495 e. The van der Waals surface area contributed by atoms with E-state index in [0.29, 0.717) is 17.5 Å². The molecule has 2 amide bonds. The highest BCUT2D eigenvalue weighted by atomic mass is 16.5. The molecule has 1 unspecified atom stereocenters. The van der Waals surface area contributed by atoms with Crippen molar-refractivity contribution in [2.75, 3.05) is 32.1 Å². The molecule has 1 saturated heterocycles. The quantitative estimate of drug-likeness (QED) is 0.912. The Kier molecular flexibility index (Phi) is 4.80. The number of methoxy groups -OCH3 is 1. The highest BCUT2D eigenvalue weighted by Crippen LogP contribution is 2.34. The topological polar surface area (TPSA) is 44.8 Å². The molecule has 5 heteroatoms. The van der Waals surface area contributed by atoms with Crippen LogP contribution in [0.5, 0.6) is 5.75 Å². The van der Waals surface area contributed by atoms with E-state index in [2.05, 4.69) is 22.3 Å². The van der Waals surface area contributed by atoms with Gasteiger partial charge in [-0.05, 0) is 30.5 Å². The predicted molar refractivity (Wildman–Crippen MR) is 102 cm³/mol. The van der Waals surface area contributed by atoms with Crippen LogP contribution in [-0.2, 0) is 0 Å². The molecule has 1 atom stereocenters. The van der Waals surface area contributed by atoms with Crippen LogP contribution < -0.4 is 10.1 Å². The summed E-state index contributed by atoms with van der Waals surface area (Å²) in [5.41, 5.74) is 1.89. The number of anilines is 1. The molecule has 2 aliphatic rings. The lowest BCUT2D eigenvalue weighted by Crippen LogP contribution is -2.52. The Hall–Kier alpha value is -2.53. The van der Waals surface area contributed by atoms with Gasteiger partial charge in [0.15, 0.2) is 0 Å². The summed E-state index contributed by atoms with van der Waals surface area (Å²) in [6.07, 6.45) is 2.57. The number of amides is 2. The van der Waals surface area contributed by atoms with Gasteiger partial charge in [0, 0.05) is 25.7 Å². The van der Waals surface area contributed by atoms with Crippen LogP contribution in [0.1, 0.15) is 24.4 Å². The smallest absolute Gasteiger partial charge is 0.322 e. The molecule has 4 rings (SSSR count). The molecule has 0 bridgehead atoms. The van der Waals surface area contributed by atoms with E-state index < -0.39 is 0 Å². The number of piperazine rings is 1. The molecule has 26 heavy (non-hydrogen) atoms. The molecule has 5 nitrogen and oxygen atoms in total. The number of nitrogens with one attached hydrogen (secondary N) is 1. The van der Waals surface area contributed by atoms with Crippen molar-refractivity contribution in [1.29, 1.82) is 0 Å². The summed E-state index contributed by atoms with van der Waals surface area (Å²) in [7, 11) is 1.62. The average molecular weight is 351 g/mol. The maximum atomic E-state index is 13.1. The summed E-state index contributed by atoms with van der Waals surface area (Å²) in [5, 5.41) is 3.03. The van der Waals surface area contributed by atoms with Crippen LogP contribution in [0.25, 0.3) is 0 Å². The van der Waals surface area contributed by atoms with Crippen LogP contribution in [0.4, 0.5) is 10.5 Å². The van der Waals surface area contributed by atoms with Crippen LogP contribution in [0, 0.1) is 0 Å². The highest BCUT2D eigenvalue weighted by molar-refractivity contribution is 5.91. The molecule has 1 aliphatic carbocycles. The number of nitrogens with zero attached hydrogens (tertiary/aromatic N) is 2. The minimum Gasteiger partial charge on any atom is -0.495 e. The standard InChI is InChI=1S/C21H25N3O2/c1-26-20-10-6-5-9-18(20)22-21(25)24-14-13-23(17-11-12-17)15-19(24)16-7-3-2-4-8-16/h2-10,17,19H,11-15H2,1H3,(H,22,25). The van der Waals surface area contributed by atoms with E-state index in [1.807, 2.05) is 47.4 Å². The summed E-state index contributed by atoms with van der Waals surface area (Å²) in [6, 6.07) is 18.6. The number of rotatable bonds is 4. The van der Waals surface area contributed by atoms with Crippen molar-refractivity contribution in [1.82, 2.24) is 9.80 Å². The fourth-order valence-corrected chi connectivity index (χ4v) is 3.71. The van der Waals surface area contributed by atoms with Crippen molar-refractivity contribution in [3.05, 3.63) is 60.2 Å². The van der Waals surface area contributed by atoms with Crippen LogP contribution in [0.3, 0.4) is 0 Å². The van der Waals surface area contributed by atoms with E-state index in [9.17, 15) is 4.79 Å². The van der Waals surface area contributed by atoms with Crippen molar-refractivity contribution >= 4 is 11.7 Å². The third-order valence-corrected chi connectivity index (χ3v) is 5.27. The molecule has 1 aliphatic heterocycles. The third kappa shape index (κ3) is 3.53. The van der Waals surface area contributed by atoms with Gasteiger partial charge in [0.1, 0.15) is 5.75 Å². The predicted octanol–water partition coefficient (Wildman–Crippen LogP) is 3.75. The van der Waals surface area contributed by atoms with Crippen molar-refractivity contribution < 1.29 is 9.53 Å². The highest BCUT2D eigenvalue weighted by Gasteiger charge is 2.37. The fraction of sp³-hybridized carbons (Fsp3) is 0.381. The Balaban J connectivity index is 1.55. The summed E-state index contributed by atoms with van der Waals surface area (Å²) in [4.78, 5) is 17.5. The number of urea groups is 1. The van der Waals surface area contributed by atoms with E-state index in [1.54, 1.807) is 7.11 Å². The number of hydrogen-bond acceptors (Lipinski definition) is 3. The minimum atomic E-state index is -0.0706. The maximum absolute atomic E-state index is 13.1. The molecule has 2 fully saturated rings. The van der Waals surface area contributed by atoms with E-state index in [1.165, 1.54) is 18.4 Å². The van der Waals surface area contributed by atoms with Gasteiger partial charge in [-0.1, -0.05) is 42.5 Å². The normalized spacial score (nSPS) is 20.7. The Labute approximate surface area is 154 Å². The molecule has 2 aromatic rings. The minimum absolute atomic E-state index is 0.0697. The number of para-hydroxylation sites is 2. The Morgan fingerprint density at radius 3 is 2.50 bits per heavy atom. The van der Waals surface area contributed by atoms with Crippen molar-refractivity contribution in [2.24, 2.45) is 0 Å². The number of carbonyl (C=O) groups is 1. The number of carbonyl (C=O) groups excluding carboxylic acids is 1. The van der Waals surface area contributed by atoms with Crippen LogP contribution in [0.15, 0.2) is 54.6 Å². The Morgan fingerprint density at radius 1 is 1.04 bits per heavy atom. The third-order valence-electron chi connectivity index (χ3n) is 5.27. The molecule has 1 N–H and O–H groups in total. The second kappa shape index (κ2) is 7.38. The lowest BCUT2D eigenvalue weighted by Gasteiger charge is -2.41. The Morgan fingerprint density at radius 2 is 1.77 bits per heavy atom. The van der Waals surface area contributed by atoms with Crippen LogP contribution >= 0.6 is 0 Å². The molecule has 1 saturated carbocycles. The van der Waals surface area contributed by atoms with E-state index >= 15 is 0 Å². The van der Waals surface area contributed by atoms with Gasteiger partial charge in [0.2, 0.25) is 0 Å². The van der Waals surface area contributed by atoms with Crippen LogP contribution in [-0.4, -0.2) is 48.6 Å². The fourth-order valence-electron chi connectivity index (χ4n) is 3.71. The van der Waals surface area contributed by atoms with E-state index in [0.717, 1.165) is 19.6 Å². The number of ether oxygens (including phenoxy) is 1. The van der Waals surface area contributed by atoms with Gasteiger partial charge in [-0.15, -0.1) is 0 Å². The second-order valence-corrected chi connectivity index (χ2v) is 6.98. The lowest BCUT2D eigenvalue weighted by atomic mass is 10.0. The summed E-state index contributed by atoms with van der Waals surface area (Å²) < 4.78 is 5.36. The first-order valence-corrected chi connectivity index (χ1v) is 9.26. The Bertz CT molecular complexity index is 761. The van der Waals surface area contributed by atoms with Gasteiger partial charge in [-0.3, -0.25) is 4.90 Å². The van der Waals surface area contributed by atoms with Gasteiger partial charge < -0.3 is 15.0 Å². The zero-order valence-electron chi connectivity index (χ0n) is 15.1. The zero-order chi connectivity index (χ0) is 17.9. The molecule has 0 aromatic heterocycles. The summed E-state index contributed by atoms with van der Waals surface area (Å²) in [5.74, 6) is 0.675. The molecular formula is C21H25N3O2. The first-order chi connectivity index (χ1) is 12.8. The maximum Gasteiger partial charge on any atom is 0.322 e. The number of hydrogen-bond donors (Lipinski definition) is 1. The van der Waals surface area contributed by atoms with Crippen molar-refractivity contribution in [2.45, 2.75) is 24.9 Å². The summed E-state index contributed by atoms with van der Waals surface area (Å²) >= 11 is 0. The monoisotopic (exact) mass is 351 g/mol. The lowest BCUT2D eigenvalue weighted by molar-refractivity contribution is 0.0954. The molecule has 1 heterocycles. The summed E-state index contributed by atoms with van der Waals surface area (Å²) in [6.45, 7) is 2.57. The van der Waals surface area contributed by atoms with Crippen molar-refractivity contribution in [3.8, 4) is 5.75 Å². The molecule has 0 radical (unpaired) electrons. The molecule has 136 valence electrons. The SMILES string of the molecule is COc1ccccc1NC(=O)N1CCN(C2CC2)CC1c1ccccc1. The van der Waals surface area contributed by atoms with Gasteiger partial charge in [-0.25, -0.2) is 4.79 Å². The molecule has 2 aromatic carbocycles. The molecule has 0 spiro atoms. The van der Waals surface area contributed by atoms with Crippen molar-refractivity contribution in [3.63, 3.8) is 0 Å². The average Bonchev–Trinajstić information content (AvgIpc) is 3.54. The van der Waals surface area contributed by atoms with E-state index in [4.69, 9.17) is 4.74 Å². The first-order valence-electron chi connectivity index (χ1n) is 9.26. The van der Waals surface area contributed by atoms with Gasteiger partial charge in [-0.2, -0.15) is 0 Å². The van der Waals surface area contributed by atoms with Crippen LogP contribution in [0.2, 0.25) is 0 Å². The first kappa shape index (κ1) is 16.9. The zero-order valence-corrected chi connectivity index (χ0v) is 15.1. The van der Waals surface area contributed by atoms with Gasteiger partial charge in [0.25, 0.3) is 0 Å². The number of benzene rings is 2.